The highest BCUT2D eigenvalue weighted by atomic mass is 32.2. The predicted octanol–water partition coefficient (Wildman–Crippen LogP) is 4.71. The number of hydrogen-bond acceptors (Lipinski definition) is 4. The second kappa shape index (κ2) is 7.44. The fraction of sp³-hybridized carbons (Fsp3) is 0.579. The Bertz CT molecular complexity index is 679. The molecule has 5 heteroatoms. The first-order chi connectivity index (χ1) is 11.8. The van der Waals surface area contributed by atoms with Gasteiger partial charge in [0.2, 0.25) is 5.91 Å². The first-order valence-electron chi connectivity index (χ1n) is 9.03. The molecule has 128 valence electrons. The van der Waals surface area contributed by atoms with E-state index in [4.69, 9.17) is 0 Å². The Balaban J connectivity index is 1.32. The molecule has 2 aromatic rings. The van der Waals surface area contributed by atoms with E-state index < -0.39 is 0 Å². The van der Waals surface area contributed by atoms with Crippen molar-refractivity contribution in [2.24, 2.45) is 5.92 Å². The molecule has 0 N–H and O–H groups in total. The largest absolute Gasteiger partial charge is 0.339 e. The van der Waals surface area contributed by atoms with Gasteiger partial charge in [0.15, 0.2) is 0 Å². The molecule has 1 aromatic carbocycles. The number of carbonyl (C=O) groups excluding carboxylic acids is 1. The van der Waals surface area contributed by atoms with E-state index in [-0.39, 0.29) is 0 Å². The fourth-order valence-electron chi connectivity index (χ4n) is 4.22. The number of nitrogens with zero attached hydrogens (tertiary/aromatic N) is 2. The standard InChI is InChI=1S/C19H24N2OS2/c22-19(21-11-5-7-14-6-1-3-9-16(14)21)13-23-12-18-20-15-8-2-4-10-17(15)24-18/h2,4,8,10,14,16H,1,3,5-7,9,11-13H2. The summed E-state index contributed by atoms with van der Waals surface area (Å²) in [5, 5.41) is 1.13. The molecule has 4 rings (SSSR count). The Hall–Kier alpha value is -1.07. The summed E-state index contributed by atoms with van der Waals surface area (Å²) in [4.78, 5) is 19.6. The summed E-state index contributed by atoms with van der Waals surface area (Å²) < 4.78 is 1.24. The third-order valence-corrected chi connectivity index (χ3v) is 7.50. The number of thiazole rings is 1. The number of fused-ring (bicyclic) bond motifs is 2. The van der Waals surface area contributed by atoms with E-state index in [1.807, 2.05) is 6.07 Å². The van der Waals surface area contributed by atoms with Crippen LogP contribution < -0.4 is 0 Å². The number of para-hydroxylation sites is 1. The van der Waals surface area contributed by atoms with Crippen LogP contribution in [-0.2, 0) is 10.5 Å². The van der Waals surface area contributed by atoms with Gasteiger partial charge in [0.1, 0.15) is 5.01 Å². The Morgan fingerprint density at radius 1 is 1.21 bits per heavy atom. The number of aromatic nitrogens is 1. The van der Waals surface area contributed by atoms with Crippen molar-refractivity contribution < 1.29 is 4.79 Å². The van der Waals surface area contributed by atoms with E-state index in [0.29, 0.717) is 17.7 Å². The fourth-order valence-corrected chi connectivity index (χ4v) is 6.15. The molecule has 0 spiro atoms. The van der Waals surface area contributed by atoms with Crippen LogP contribution >= 0.6 is 23.1 Å². The van der Waals surface area contributed by atoms with Crippen LogP contribution in [0, 0.1) is 5.92 Å². The van der Waals surface area contributed by atoms with Crippen molar-refractivity contribution in [1.29, 1.82) is 0 Å². The third kappa shape index (κ3) is 3.47. The summed E-state index contributed by atoms with van der Waals surface area (Å²) in [7, 11) is 0. The molecule has 2 fully saturated rings. The van der Waals surface area contributed by atoms with Crippen LogP contribution in [0.2, 0.25) is 0 Å². The Morgan fingerprint density at radius 3 is 2.96 bits per heavy atom. The molecule has 1 saturated heterocycles. The number of rotatable bonds is 4. The zero-order valence-electron chi connectivity index (χ0n) is 13.9. The zero-order chi connectivity index (χ0) is 16.4. The highest BCUT2D eigenvalue weighted by Crippen LogP contribution is 2.35. The summed E-state index contributed by atoms with van der Waals surface area (Å²) in [6.45, 7) is 0.974. The minimum absolute atomic E-state index is 0.345. The molecular weight excluding hydrogens is 336 g/mol. The molecule has 2 atom stereocenters. The lowest BCUT2D eigenvalue weighted by atomic mass is 9.78. The van der Waals surface area contributed by atoms with E-state index in [2.05, 4.69) is 28.1 Å². The minimum Gasteiger partial charge on any atom is -0.339 e. The van der Waals surface area contributed by atoms with Gasteiger partial charge in [0.25, 0.3) is 0 Å². The maximum absolute atomic E-state index is 12.7. The van der Waals surface area contributed by atoms with E-state index in [0.717, 1.165) is 28.7 Å². The number of thioether (sulfide) groups is 1. The highest BCUT2D eigenvalue weighted by molar-refractivity contribution is 7.99. The number of hydrogen-bond donors (Lipinski definition) is 0. The summed E-state index contributed by atoms with van der Waals surface area (Å²) in [6.07, 6.45) is 7.72. The van der Waals surface area contributed by atoms with Crippen molar-refractivity contribution >= 4 is 39.2 Å². The monoisotopic (exact) mass is 360 g/mol. The summed E-state index contributed by atoms with van der Waals surface area (Å²) >= 11 is 3.47. The van der Waals surface area contributed by atoms with Gasteiger partial charge < -0.3 is 4.90 Å². The molecule has 2 heterocycles. The second-order valence-corrected chi connectivity index (χ2v) is 9.01. The van der Waals surface area contributed by atoms with Crippen molar-refractivity contribution in [3.8, 4) is 0 Å². The average Bonchev–Trinajstić information content (AvgIpc) is 3.04. The Labute approximate surface area is 151 Å². The average molecular weight is 361 g/mol. The molecular formula is C19H24N2OS2. The SMILES string of the molecule is O=C(CSCc1nc2ccccc2s1)N1CCCC2CCCCC21. The van der Waals surface area contributed by atoms with Crippen molar-refractivity contribution in [3.05, 3.63) is 29.3 Å². The van der Waals surface area contributed by atoms with Crippen LogP contribution in [-0.4, -0.2) is 34.1 Å². The molecule has 1 aromatic heterocycles. The van der Waals surface area contributed by atoms with Crippen molar-refractivity contribution in [2.45, 2.75) is 50.3 Å². The van der Waals surface area contributed by atoms with Crippen LogP contribution in [0.1, 0.15) is 43.5 Å². The third-order valence-electron chi connectivity index (χ3n) is 5.35. The topological polar surface area (TPSA) is 33.2 Å². The molecule has 3 nitrogen and oxygen atoms in total. The van der Waals surface area contributed by atoms with Crippen LogP contribution in [0.15, 0.2) is 24.3 Å². The number of carbonyl (C=O) groups is 1. The molecule has 24 heavy (non-hydrogen) atoms. The van der Waals surface area contributed by atoms with E-state index in [9.17, 15) is 4.79 Å². The molecule has 0 radical (unpaired) electrons. The van der Waals surface area contributed by atoms with Crippen molar-refractivity contribution in [1.82, 2.24) is 9.88 Å². The molecule has 1 amide bonds. The number of amides is 1. The van der Waals surface area contributed by atoms with Crippen LogP contribution in [0.4, 0.5) is 0 Å². The lowest BCUT2D eigenvalue weighted by Gasteiger charge is -2.44. The first-order valence-corrected chi connectivity index (χ1v) is 11.0. The van der Waals surface area contributed by atoms with Crippen LogP contribution in [0.5, 0.6) is 0 Å². The lowest BCUT2D eigenvalue weighted by molar-refractivity contribution is -0.134. The minimum atomic E-state index is 0.345. The molecule has 0 bridgehead atoms. The molecule has 2 aliphatic rings. The van der Waals surface area contributed by atoms with Gasteiger partial charge >= 0.3 is 0 Å². The molecule has 1 aliphatic heterocycles. The normalized spacial score (nSPS) is 24.1. The number of piperidine rings is 1. The summed E-state index contributed by atoms with van der Waals surface area (Å²) in [5.74, 6) is 2.55. The summed E-state index contributed by atoms with van der Waals surface area (Å²) in [6, 6.07) is 8.78. The van der Waals surface area contributed by atoms with E-state index in [1.165, 1.54) is 43.2 Å². The van der Waals surface area contributed by atoms with Crippen LogP contribution in [0.25, 0.3) is 10.2 Å². The zero-order valence-corrected chi connectivity index (χ0v) is 15.6. The van der Waals surface area contributed by atoms with Gasteiger partial charge in [0.05, 0.1) is 16.0 Å². The molecule has 1 aliphatic carbocycles. The van der Waals surface area contributed by atoms with Crippen LogP contribution in [0.3, 0.4) is 0 Å². The number of benzene rings is 1. The smallest absolute Gasteiger partial charge is 0.232 e. The Kier molecular flexibility index (Phi) is 5.09. The maximum Gasteiger partial charge on any atom is 0.232 e. The Morgan fingerprint density at radius 2 is 2.04 bits per heavy atom. The maximum atomic E-state index is 12.7. The van der Waals surface area contributed by atoms with Crippen molar-refractivity contribution in [3.63, 3.8) is 0 Å². The predicted molar refractivity (Wildman–Crippen MR) is 102 cm³/mol. The first kappa shape index (κ1) is 16.4. The van der Waals surface area contributed by atoms with Gasteiger partial charge in [-0.05, 0) is 43.7 Å². The van der Waals surface area contributed by atoms with Crippen molar-refractivity contribution in [2.75, 3.05) is 12.3 Å². The second-order valence-electron chi connectivity index (χ2n) is 6.91. The van der Waals surface area contributed by atoms with E-state index >= 15 is 0 Å². The van der Waals surface area contributed by atoms with E-state index in [1.54, 1.807) is 23.1 Å². The van der Waals surface area contributed by atoms with Gasteiger partial charge in [-0.15, -0.1) is 23.1 Å². The van der Waals surface area contributed by atoms with Gasteiger partial charge in [-0.1, -0.05) is 25.0 Å². The lowest BCUT2D eigenvalue weighted by Crippen LogP contribution is -2.50. The van der Waals surface area contributed by atoms with Gasteiger partial charge in [-0.25, -0.2) is 4.98 Å². The summed E-state index contributed by atoms with van der Waals surface area (Å²) in [5.41, 5.74) is 1.07. The quantitative estimate of drug-likeness (QED) is 0.791. The highest BCUT2D eigenvalue weighted by Gasteiger charge is 2.35. The van der Waals surface area contributed by atoms with Gasteiger partial charge in [-0.3, -0.25) is 4.79 Å². The van der Waals surface area contributed by atoms with Gasteiger partial charge in [-0.2, -0.15) is 0 Å². The van der Waals surface area contributed by atoms with Gasteiger partial charge in [0, 0.05) is 18.3 Å². The number of likely N-dealkylation sites (tertiary alicyclic amines) is 1. The molecule has 1 saturated carbocycles. The molecule has 2 unspecified atom stereocenters.